The fourth-order valence-corrected chi connectivity index (χ4v) is 8.31. The van der Waals surface area contributed by atoms with Gasteiger partial charge in [0.05, 0.1) is 26.0 Å². The minimum absolute atomic E-state index is 0.0332. The van der Waals surface area contributed by atoms with Gasteiger partial charge in [0.1, 0.15) is 0 Å². The molecule has 0 fully saturated rings. The van der Waals surface area contributed by atoms with Gasteiger partial charge in [-0.25, -0.2) is 34.9 Å². The van der Waals surface area contributed by atoms with Gasteiger partial charge in [0.25, 0.3) is 10.0 Å². The van der Waals surface area contributed by atoms with Crippen molar-refractivity contribution in [2.24, 2.45) is 0 Å². The second-order valence-electron chi connectivity index (χ2n) is 6.70. The smallest absolute Gasteiger partial charge is 0.389 e. The first-order valence-electron chi connectivity index (χ1n) is 10.8. The van der Waals surface area contributed by atoms with Crippen LogP contribution >= 0.6 is 29.9 Å². The lowest BCUT2D eigenvalue weighted by Gasteiger charge is -2.15. The highest BCUT2D eigenvalue weighted by atomic mass is 32.7. The molecule has 0 radical (unpaired) electrons. The summed E-state index contributed by atoms with van der Waals surface area (Å²) in [5.74, 6) is -9.93. The molecule has 2 aromatic carbocycles. The monoisotopic (exact) mass is 627 g/mol. The molecule has 0 heterocycles. The number of hydrogen-bond acceptors (Lipinski definition) is 9. The number of methoxy groups -OCH3 is 1. The number of aromatic hydroxyl groups is 1. The van der Waals surface area contributed by atoms with E-state index in [2.05, 4.69) is 6.92 Å². The van der Waals surface area contributed by atoms with Crippen molar-refractivity contribution in [3.8, 4) is 11.5 Å². The Balaban J connectivity index is 0.000000442. The molecule has 0 atom stereocenters. The first-order chi connectivity index (χ1) is 17.8. The quantitative estimate of drug-likeness (QED) is 0.0840. The molecule has 0 saturated carbocycles. The molecular weight excluding hydrogens is 600 g/mol. The fraction of sp³-hybridized carbons (Fsp3) is 0.429. The summed E-state index contributed by atoms with van der Waals surface area (Å²) in [5.41, 5.74) is -0.391. The molecule has 8 nitrogen and oxygen atoms in total. The van der Waals surface area contributed by atoms with Crippen LogP contribution in [0.2, 0.25) is 0 Å². The van der Waals surface area contributed by atoms with Crippen LogP contribution in [-0.2, 0) is 23.6 Å². The Bertz CT molecular complexity index is 1200. The number of anilines is 1. The molecule has 0 amide bonds. The van der Waals surface area contributed by atoms with Crippen LogP contribution in [-0.4, -0.2) is 51.1 Å². The van der Waals surface area contributed by atoms with Crippen LogP contribution in [0, 0.1) is 29.1 Å². The zero-order valence-corrected chi connectivity index (χ0v) is 24.1. The second kappa shape index (κ2) is 15.8. The van der Waals surface area contributed by atoms with Crippen molar-refractivity contribution >= 4 is 45.7 Å². The van der Waals surface area contributed by atoms with Gasteiger partial charge in [-0.15, -0.1) is 0 Å². The van der Waals surface area contributed by atoms with Crippen molar-refractivity contribution in [2.75, 3.05) is 42.3 Å². The minimum Gasteiger partial charge on any atom is -0.504 e. The van der Waals surface area contributed by atoms with Crippen molar-refractivity contribution in [3.63, 3.8) is 0 Å². The third kappa shape index (κ3) is 9.49. The molecule has 17 heteroatoms. The van der Waals surface area contributed by atoms with Gasteiger partial charge < -0.3 is 18.9 Å². The van der Waals surface area contributed by atoms with Gasteiger partial charge in [-0.3, -0.25) is 4.72 Å². The molecule has 38 heavy (non-hydrogen) atoms. The van der Waals surface area contributed by atoms with Crippen molar-refractivity contribution in [2.45, 2.75) is 25.7 Å². The lowest BCUT2D eigenvalue weighted by Crippen LogP contribution is -2.19. The number of ether oxygens (including phenoxy) is 1. The average molecular weight is 628 g/mol. The highest BCUT2D eigenvalue weighted by Gasteiger charge is 2.33. The molecular formula is C21H27F5NO7PS3. The number of halogens is 5. The van der Waals surface area contributed by atoms with E-state index in [9.17, 15) is 40.0 Å². The summed E-state index contributed by atoms with van der Waals surface area (Å²) in [6.07, 6.45) is 0. The second-order valence-corrected chi connectivity index (χ2v) is 13.9. The van der Waals surface area contributed by atoms with Gasteiger partial charge in [0, 0.05) is 17.6 Å². The predicted octanol–water partition coefficient (Wildman–Crippen LogP) is 6.55. The number of phenolic OH excluding ortho intramolecular Hbond substituents is 1. The van der Waals surface area contributed by atoms with E-state index in [1.54, 1.807) is 4.72 Å². The van der Waals surface area contributed by atoms with Gasteiger partial charge in [0.2, 0.25) is 5.82 Å². The lowest BCUT2D eigenvalue weighted by atomic mass is 10.3. The van der Waals surface area contributed by atoms with E-state index >= 15 is 0 Å². The van der Waals surface area contributed by atoms with E-state index in [-0.39, 0.29) is 5.75 Å². The van der Waals surface area contributed by atoms with Gasteiger partial charge >= 0.3 is 6.80 Å². The molecule has 2 rings (SSSR count). The van der Waals surface area contributed by atoms with Gasteiger partial charge in [-0.1, -0.05) is 6.92 Å². The molecule has 0 aliphatic carbocycles. The Labute approximate surface area is 226 Å². The Kier molecular flexibility index (Phi) is 14.2. The van der Waals surface area contributed by atoms with Crippen molar-refractivity contribution in [3.05, 3.63) is 47.3 Å². The van der Waals surface area contributed by atoms with E-state index in [1.807, 2.05) is 25.6 Å². The summed E-state index contributed by atoms with van der Waals surface area (Å²) in [6, 6.07) is 2.98. The Morgan fingerprint density at radius 2 is 1.45 bits per heavy atom. The number of benzene rings is 2. The summed E-state index contributed by atoms with van der Waals surface area (Å²) in [7, 11) is -3.96. The maximum atomic E-state index is 13.6. The van der Waals surface area contributed by atoms with E-state index in [0.717, 1.165) is 35.5 Å². The van der Waals surface area contributed by atoms with Gasteiger partial charge in [0.15, 0.2) is 39.7 Å². The van der Waals surface area contributed by atoms with Crippen LogP contribution < -0.4 is 9.46 Å². The molecule has 0 spiro atoms. The maximum absolute atomic E-state index is 13.6. The summed E-state index contributed by atoms with van der Waals surface area (Å²) in [6.45, 7) is 3.78. The molecule has 0 aromatic heterocycles. The summed E-state index contributed by atoms with van der Waals surface area (Å²) < 4.78 is 119. The molecule has 2 aromatic rings. The SMILES string of the molecule is CCOP(=O)(OCC)SCCSCC.COc1ccc(NS(=O)(=O)c2c(F)c(F)c(F)c(F)c2F)cc1O. The summed E-state index contributed by atoms with van der Waals surface area (Å²) in [5, 5.41) is 9.51. The van der Waals surface area contributed by atoms with Crippen LogP contribution in [0.4, 0.5) is 27.6 Å². The maximum Gasteiger partial charge on any atom is 0.389 e. The molecule has 0 bridgehead atoms. The van der Waals surface area contributed by atoms with Gasteiger partial charge in [-0.2, -0.15) is 11.8 Å². The first kappa shape index (κ1) is 34.3. The van der Waals surface area contributed by atoms with E-state index in [0.29, 0.717) is 13.2 Å². The molecule has 216 valence electrons. The van der Waals surface area contributed by atoms with Gasteiger partial charge in [-0.05, 0) is 43.1 Å². The molecule has 2 N–H and O–H groups in total. The third-order valence-corrected chi connectivity index (χ3v) is 10.7. The Morgan fingerprint density at radius 1 is 0.921 bits per heavy atom. The number of nitrogens with one attached hydrogen (secondary N) is 1. The van der Waals surface area contributed by atoms with Crippen molar-refractivity contribution in [1.82, 2.24) is 0 Å². The average Bonchev–Trinajstić information content (AvgIpc) is 2.85. The Hall–Kier alpha value is -1.71. The summed E-state index contributed by atoms with van der Waals surface area (Å²) >= 11 is 3.14. The third-order valence-electron chi connectivity index (χ3n) is 4.12. The van der Waals surface area contributed by atoms with Crippen LogP contribution in [0.3, 0.4) is 0 Å². The van der Waals surface area contributed by atoms with Crippen molar-refractivity contribution in [1.29, 1.82) is 0 Å². The largest absolute Gasteiger partial charge is 0.504 e. The molecule has 0 aliphatic heterocycles. The molecule has 0 unspecified atom stereocenters. The van der Waals surface area contributed by atoms with Crippen LogP contribution in [0.15, 0.2) is 23.1 Å². The lowest BCUT2D eigenvalue weighted by molar-refractivity contribution is 0.237. The van der Waals surface area contributed by atoms with E-state index in [4.69, 9.17) is 13.8 Å². The normalized spacial score (nSPS) is 11.6. The number of hydrogen-bond donors (Lipinski definition) is 2. The van der Waals surface area contributed by atoms with Crippen LogP contribution in [0.5, 0.6) is 11.5 Å². The molecule has 0 aliphatic rings. The number of thioether (sulfide) groups is 1. The standard InChI is InChI=1S/C13H8F5NO4S.C8H19O3PS2/c1-23-7-3-2-5(4-6(7)20)19-24(21,22)13-11(17)9(15)8(14)10(16)12(13)18;1-4-10-12(9,11-5-2)14-8-7-13-6-3/h2-4,19-20H,1H3;4-8H2,1-3H3. The number of phenols is 1. The van der Waals surface area contributed by atoms with E-state index in [1.165, 1.54) is 18.5 Å². The fourth-order valence-electron chi connectivity index (χ4n) is 2.56. The highest BCUT2D eigenvalue weighted by Crippen LogP contribution is 2.60. The minimum atomic E-state index is -5.17. The first-order valence-corrected chi connectivity index (χ1v) is 16.6. The predicted molar refractivity (Wildman–Crippen MR) is 138 cm³/mol. The topological polar surface area (TPSA) is 111 Å². The van der Waals surface area contributed by atoms with E-state index < -0.39 is 62.2 Å². The zero-order valence-electron chi connectivity index (χ0n) is 20.7. The zero-order chi connectivity index (χ0) is 29.1. The van der Waals surface area contributed by atoms with Crippen LogP contribution in [0.1, 0.15) is 20.8 Å². The number of rotatable bonds is 13. The Morgan fingerprint density at radius 3 is 1.89 bits per heavy atom. The number of sulfonamides is 1. The van der Waals surface area contributed by atoms with Crippen molar-refractivity contribution < 1.29 is 53.8 Å². The van der Waals surface area contributed by atoms with Crippen LogP contribution in [0.25, 0.3) is 0 Å². The highest BCUT2D eigenvalue weighted by molar-refractivity contribution is 8.55. The summed E-state index contributed by atoms with van der Waals surface area (Å²) in [4.78, 5) is -2.03. The molecule has 0 saturated heterocycles.